The van der Waals surface area contributed by atoms with Crippen molar-refractivity contribution >= 4 is 8.32 Å². The maximum absolute atomic E-state index is 6.13. The molecule has 0 atom stereocenters. The van der Waals surface area contributed by atoms with Crippen LogP contribution in [-0.4, -0.2) is 14.9 Å². The first-order valence-corrected chi connectivity index (χ1v) is 8.63. The highest BCUT2D eigenvalue weighted by atomic mass is 28.4. The highest BCUT2D eigenvalue weighted by molar-refractivity contribution is 6.81. The van der Waals surface area contributed by atoms with E-state index in [1.165, 1.54) is 0 Å². The smallest absolute Gasteiger partial charge is 0.254 e. The summed E-state index contributed by atoms with van der Waals surface area (Å²) >= 11 is 0. The standard InChI is InChI=1S/C15H32O2Si/c1-11-12-16-17-18(13(2,3)4,14(5,6)7)15(8,9)10/h11H,1,12H2,2-10H3. The van der Waals surface area contributed by atoms with Crippen molar-refractivity contribution in [2.75, 3.05) is 6.61 Å². The van der Waals surface area contributed by atoms with Crippen LogP contribution in [0.1, 0.15) is 62.3 Å². The van der Waals surface area contributed by atoms with Gasteiger partial charge in [0.05, 0.1) is 6.61 Å². The summed E-state index contributed by atoms with van der Waals surface area (Å²) in [4.78, 5) is 5.47. The summed E-state index contributed by atoms with van der Waals surface area (Å²) in [6, 6.07) is 0. The van der Waals surface area contributed by atoms with Crippen molar-refractivity contribution in [1.82, 2.24) is 0 Å². The van der Waals surface area contributed by atoms with Gasteiger partial charge in [-0.1, -0.05) is 68.4 Å². The van der Waals surface area contributed by atoms with Crippen molar-refractivity contribution in [2.45, 2.75) is 77.4 Å². The minimum absolute atomic E-state index is 0.0880. The number of hydrogen-bond acceptors (Lipinski definition) is 2. The third-order valence-electron chi connectivity index (χ3n) is 3.54. The summed E-state index contributed by atoms with van der Waals surface area (Å²) in [5.74, 6) is 0. The summed E-state index contributed by atoms with van der Waals surface area (Å²) in [6.07, 6.45) is 1.73. The van der Waals surface area contributed by atoms with Gasteiger partial charge in [-0.25, -0.2) is 4.89 Å². The second-order valence-electron chi connectivity index (χ2n) is 8.09. The van der Waals surface area contributed by atoms with Gasteiger partial charge < -0.3 is 0 Å². The molecule has 108 valence electrons. The molecule has 0 aliphatic carbocycles. The Labute approximate surface area is 115 Å². The average Bonchev–Trinajstić information content (AvgIpc) is 2.05. The molecule has 0 aliphatic heterocycles. The lowest BCUT2D eigenvalue weighted by atomic mass is 10.2. The average molecular weight is 273 g/mol. The molecule has 0 aliphatic rings. The molecule has 0 aromatic rings. The highest BCUT2D eigenvalue weighted by Gasteiger charge is 2.63. The highest BCUT2D eigenvalue weighted by Crippen LogP contribution is 2.62. The Kier molecular flexibility index (Phi) is 5.44. The Balaban J connectivity index is 5.67. The predicted octanol–water partition coefficient (Wildman–Crippen LogP) is 5.47. The van der Waals surface area contributed by atoms with Crippen molar-refractivity contribution in [1.29, 1.82) is 0 Å². The zero-order valence-electron chi connectivity index (χ0n) is 13.8. The largest absolute Gasteiger partial charge is 0.284 e. The van der Waals surface area contributed by atoms with Gasteiger partial charge in [-0.2, -0.15) is 0 Å². The predicted molar refractivity (Wildman–Crippen MR) is 82.1 cm³/mol. The Morgan fingerprint density at radius 1 is 0.833 bits per heavy atom. The lowest BCUT2D eigenvalue weighted by Gasteiger charge is -2.56. The van der Waals surface area contributed by atoms with E-state index in [4.69, 9.17) is 9.46 Å². The first-order chi connectivity index (χ1) is 7.81. The molecular weight excluding hydrogens is 240 g/mol. The summed E-state index contributed by atoms with van der Waals surface area (Å²) in [6.45, 7) is 24.6. The zero-order chi connectivity index (χ0) is 14.8. The van der Waals surface area contributed by atoms with Crippen LogP contribution in [0.5, 0.6) is 0 Å². The van der Waals surface area contributed by atoms with E-state index in [0.717, 1.165) is 0 Å². The van der Waals surface area contributed by atoms with Gasteiger partial charge in [0, 0.05) is 0 Å². The second kappa shape index (κ2) is 5.47. The molecule has 0 rings (SSSR count). The lowest BCUT2D eigenvalue weighted by molar-refractivity contribution is -0.218. The van der Waals surface area contributed by atoms with Gasteiger partial charge in [0.15, 0.2) is 0 Å². The molecule has 2 nitrogen and oxygen atoms in total. The van der Waals surface area contributed by atoms with Crippen LogP contribution in [0.3, 0.4) is 0 Å². The molecular formula is C15H32O2Si. The zero-order valence-corrected chi connectivity index (χ0v) is 14.8. The van der Waals surface area contributed by atoms with Crippen LogP contribution in [0, 0.1) is 0 Å². The number of rotatable bonds is 4. The van der Waals surface area contributed by atoms with Crippen LogP contribution < -0.4 is 0 Å². The van der Waals surface area contributed by atoms with Crippen molar-refractivity contribution < 1.29 is 9.46 Å². The van der Waals surface area contributed by atoms with Crippen LogP contribution in [-0.2, 0) is 9.46 Å². The molecule has 0 saturated heterocycles. The fourth-order valence-electron chi connectivity index (χ4n) is 3.92. The van der Waals surface area contributed by atoms with Crippen LogP contribution in [0.4, 0.5) is 0 Å². The van der Waals surface area contributed by atoms with Gasteiger partial charge in [0.25, 0.3) is 8.32 Å². The molecule has 0 spiro atoms. The molecule has 18 heavy (non-hydrogen) atoms. The lowest BCUT2D eigenvalue weighted by Crippen LogP contribution is -2.60. The Bertz CT molecular complexity index is 240. The SMILES string of the molecule is C=CCOO[Si](C(C)(C)C)(C(C)(C)C)C(C)(C)C. The molecule has 0 aromatic heterocycles. The Hall–Kier alpha value is -0.123. The molecule has 0 heterocycles. The van der Waals surface area contributed by atoms with Crippen LogP contribution >= 0.6 is 0 Å². The summed E-state index contributed by atoms with van der Waals surface area (Å²) in [7, 11) is -2.21. The van der Waals surface area contributed by atoms with E-state index < -0.39 is 8.32 Å². The molecule has 0 amide bonds. The van der Waals surface area contributed by atoms with Crippen molar-refractivity contribution in [3.8, 4) is 0 Å². The van der Waals surface area contributed by atoms with Crippen LogP contribution in [0.25, 0.3) is 0 Å². The molecule has 0 bridgehead atoms. The van der Waals surface area contributed by atoms with E-state index in [-0.39, 0.29) is 15.1 Å². The van der Waals surface area contributed by atoms with Gasteiger partial charge in [0.1, 0.15) is 0 Å². The molecule has 0 saturated carbocycles. The number of hydrogen-bond donors (Lipinski definition) is 0. The molecule has 0 N–H and O–H groups in total. The van der Waals surface area contributed by atoms with Gasteiger partial charge in [0.2, 0.25) is 0 Å². The van der Waals surface area contributed by atoms with Crippen LogP contribution in [0.2, 0.25) is 15.1 Å². The van der Waals surface area contributed by atoms with Crippen molar-refractivity contribution in [3.05, 3.63) is 12.7 Å². The minimum atomic E-state index is -2.21. The van der Waals surface area contributed by atoms with Gasteiger partial charge in [-0.3, -0.25) is 4.58 Å². The summed E-state index contributed by atoms with van der Waals surface area (Å²) in [5, 5.41) is 0.264. The molecule has 0 unspecified atom stereocenters. The maximum Gasteiger partial charge on any atom is 0.254 e. The fourth-order valence-corrected chi connectivity index (χ4v) is 11.7. The van der Waals surface area contributed by atoms with E-state index in [1.54, 1.807) is 6.08 Å². The topological polar surface area (TPSA) is 18.5 Å². The Morgan fingerprint density at radius 2 is 1.17 bits per heavy atom. The van der Waals surface area contributed by atoms with Gasteiger partial charge in [-0.15, -0.1) is 6.58 Å². The van der Waals surface area contributed by atoms with Gasteiger partial charge >= 0.3 is 0 Å². The summed E-state index contributed by atoms with van der Waals surface area (Å²) < 4.78 is 6.13. The van der Waals surface area contributed by atoms with E-state index in [9.17, 15) is 0 Å². The second-order valence-corrected chi connectivity index (χ2v) is 14.1. The third-order valence-corrected chi connectivity index (χ3v) is 10.2. The van der Waals surface area contributed by atoms with E-state index in [2.05, 4.69) is 68.9 Å². The van der Waals surface area contributed by atoms with E-state index >= 15 is 0 Å². The van der Waals surface area contributed by atoms with Crippen molar-refractivity contribution in [2.24, 2.45) is 0 Å². The molecule has 3 heteroatoms. The minimum Gasteiger partial charge on any atom is -0.284 e. The third kappa shape index (κ3) is 3.25. The van der Waals surface area contributed by atoms with Crippen LogP contribution in [0.15, 0.2) is 12.7 Å². The first-order valence-electron chi connectivity index (χ1n) is 6.73. The fraction of sp³-hybridized carbons (Fsp3) is 0.867. The molecule has 0 fully saturated rings. The molecule has 0 aromatic carbocycles. The first kappa shape index (κ1) is 17.9. The normalized spacial score (nSPS) is 14.7. The Morgan fingerprint density at radius 3 is 1.39 bits per heavy atom. The van der Waals surface area contributed by atoms with Crippen molar-refractivity contribution in [3.63, 3.8) is 0 Å². The van der Waals surface area contributed by atoms with E-state index in [1.807, 2.05) is 0 Å². The maximum atomic E-state index is 6.13. The summed E-state index contributed by atoms with van der Waals surface area (Å²) in [5.41, 5.74) is 0. The monoisotopic (exact) mass is 272 g/mol. The van der Waals surface area contributed by atoms with Gasteiger partial charge in [-0.05, 0) is 15.1 Å². The molecule has 0 radical (unpaired) electrons. The quantitative estimate of drug-likeness (QED) is 0.222. The van der Waals surface area contributed by atoms with E-state index in [0.29, 0.717) is 6.61 Å².